The third kappa shape index (κ3) is 3.75. The lowest BCUT2D eigenvalue weighted by atomic mass is 9.74. The minimum atomic E-state index is -1.29. The number of allylic oxidation sites excluding steroid dienone is 1. The first-order valence-electron chi connectivity index (χ1n) is 13.3. The number of aliphatic hydroxyl groups is 1. The minimum absolute atomic E-state index is 0.125. The highest BCUT2D eigenvalue weighted by Gasteiger charge is 2.75. The lowest BCUT2D eigenvalue weighted by molar-refractivity contribution is -0.162. The Kier molecular flexibility index (Phi) is 6.55. The molecule has 192 valence electrons. The first-order chi connectivity index (χ1) is 16.9. The average molecular weight is 487 g/mol. The molecule has 1 unspecified atom stereocenters. The van der Waals surface area contributed by atoms with Crippen LogP contribution in [0.3, 0.4) is 0 Å². The maximum Gasteiger partial charge on any atom is 0.313 e. The van der Waals surface area contributed by atoms with Gasteiger partial charge >= 0.3 is 5.97 Å². The number of rotatable bonds is 4. The van der Waals surface area contributed by atoms with Gasteiger partial charge in [-0.25, -0.2) is 0 Å². The standard InChI is InChI=1S/C27H38N2O6/c1-3-18(17-30)29-22-24(32)28(19-11-6-4-7-12-19)15-10-14-27(22)20(23(29)31)21-25(33)34-16-9-5-8-13-26(21,2)35-27/h8,10,13-14,18-22,30H,3-7,9,11-12,15-17H2,1-2H3/b13-8-/t18-,20-,21-,22?,26+,27-/m0/s1. The second-order valence-electron chi connectivity index (χ2n) is 10.9. The molecule has 1 aliphatic carbocycles. The molecule has 8 nitrogen and oxygen atoms in total. The van der Waals surface area contributed by atoms with Gasteiger partial charge in [0.1, 0.15) is 17.6 Å². The number of cyclic esters (lactones) is 1. The molecule has 4 heterocycles. The Morgan fingerprint density at radius 1 is 1.06 bits per heavy atom. The van der Waals surface area contributed by atoms with Crippen molar-refractivity contribution in [2.24, 2.45) is 11.8 Å². The van der Waals surface area contributed by atoms with E-state index in [0.717, 1.165) is 32.1 Å². The molecule has 2 amide bonds. The molecule has 0 aromatic heterocycles. The Balaban J connectivity index is 1.64. The van der Waals surface area contributed by atoms with Crippen molar-refractivity contribution in [1.29, 1.82) is 0 Å². The van der Waals surface area contributed by atoms with Crippen molar-refractivity contribution in [3.05, 3.63) is 24.3 Å². The molecule has 1 spiro atoms. The monoisotopic (exact) mass is 486 g/mol. The zero-order valence-electron chi connectivity index (χ0n) is 20.9. The third-order valence-electron chi connectivity index (χ3n) is 8.81. The summed E-state index contributed by atoms with van der Waals surface area (Å²) in [5, 5.41) is 10.2. The molecule has 0 aromatic rings. The number of likely N-dealkylation sites (tertiary alicyclic amines) is 1. The van der Waals surface area contributed by atoms with Crippen LogP contribution in [-0.2, 0) is 23.9 Å². The fraction of sp³-hybridized carbons (Fsp3) is 0.741. The van der Waals surface area contributed by atoms with Crippen LogP contribution in [0, 0.1) is 11.8 Å². The molecular weight excluding hydrogens is 448 g/mol. The number of esters is 1. The number of carbonyl (C=O) groups is 3. The lowest BCUT2D eigenvalue weighted by Gasteiger charge is -2.42. The Hall–Kier alpha value is -2.19. The summed E-state index contributed by atoms with van der Waals surface area (Å²) in [6.45, 7) is 4.21. The fourth-order valence-corrected chi connectivity index (χ4v) is 7.12. The molecule has 2 saturated heterocycles. The maximum atomic E-state index is 14.3. The number of nitrogens with zero attached hydrogens (tertiary/aromatic N) is 2. The molecule has 0 bridgehead atoms. The number of aliphatic hydroxyl groups excluding tert-OH is 1. The summed E-state index contributed by atoms with van der Waals surface area (Å²) in [5.74, 6) is -2.66. The maximum absolute atomic E-state index is 14.3. The van der Waals surface area contributed by atoms with Crippen LogP contribution in [0.25, 0.3) is 0 Å². The van der Waals surface area contributed by atoms with Crippen LogP contribution >= 0.6 is 0 Å². The zero-order chi connectivity index (χ0) is 24.8. The van der Waals surface area contributed by atoms with E-state index in [4.69, 9.17) is 9.47 Å². The number of amides is 2. The van der Waals surface area contributed by atoms with Gasteiger partial charge < -0.3 is 24.4 Å². The molecule has 4 aliphatic heterocycles. The van der Waals surface area contributed by atoms with Gasteiger partial charge in [-0.1, -0.05) is 50.5 Å². The number of hydrogen-bond acceptors (Lipinski definition) is 6. The number of ether oxygens (including phenoxy) is 2. The molecule has 1 N–H and O–H groups in total. The van der Waals surface area contributed by atoms with E-state index in [9.17, 15) is 19.5 Å². The van der Waals surface area contributed by atoms with Crippen LogP contribution in [0.2, 0.25) is 0 Å². The van der Waals surface area contributed by atoms with Crippen LogP contribution in [0.5, 0.6) is 0 Å². The van der Waals surface area contributed by atoms with Gasteiger partial charge in [0, 0.05) is 12.6 Å². The Labute approximate surface area is 207 Å². The number of carbonyl (C=O) groups excluding carboxylic acids is 3. The van der Waals surface area contributed by atoms with Crippen molar-refractivity contribution >= 4 is 17.8 Å². The number of hydrogen-bond donors (Lipinski definition) is 1. The van der Waals surface area contributed by atoms with Crippen LogP contribution in [0.15, 0.2) is 24.3 Å². The van der Waals surface area contributed by atoms with Crippen molar-refractivity contribution < 1.29 is 29.0 Å². The SMILES string of the molecule is CC[C@@H](CO)N1C(=O)[C@@H]2[C@H]3C(=O)OCCC/C=C\[C@@]3(C)O[C@@]23C=CCN(C2CCCCC2)C(=O)C13. The summed E-state index contributed by atoms with van der Waals surface area (Å²) in [6, 6.07) is -1.33. The first-order valence-corrected chi connectivity index (χ1v) is 13.3. The lowest BCUT2D eigenvalue weighted by Crippen LogP contribution is -2.60. The molecule has 5 rings (SSSR count). The predicted molar refractivity (Wildman–Crippen MR) is 128 cm³/mol. The van der Waals surface area contributed by atoms with Crippen molar-refractivity contribution in [2.75, 3.05) is 19.8 Å². The topological polar surface area (TPSA) is 96.4 Å². The van der Waals surface area contributed by atoms with E-state index < -0.39 is 41.1 Å². The highest BCUT2D eigenvalue weighted by atomic mass is 16.6. The Bertz CT molecular complexity index is 923. The van der Waals surface area contributed by atoms with Crippen LogP contribution in [0.1, 0.15) is 65.2 Å². The van der Waals surface area contributed by atoms with Crippen molar-refractivity contribution in [3.63, 3.8) is 0 Å². The first kappa shape index (κ1) is 24.5. The molecule has 1 saturated carbocycles. The summed E-state index contributed by atoms with van der Waals surface area (Å²) >= 11 is 0. The summed E-state index contributed by atoms with van der Waals surface area (Å²) in [4.78, 5) is 45.3. The van der Waals surface area contributed by atoms with Gasteiger partial charge in [-0.2, -0.15) is 0 Å². The predicted octanol–water partition coefficient (Wildman–Crippen LogP) is 2.35. The molecule has 6 atom stereocenters. The van der Waals surface area contributed by atoms with E-state index in [1.165, 1.54) is 6.42 Å². The number of fused-ring (bicyclic) bond motifs is 2. The second-order valence-corrected chi connectivity index (χ2v) is 10.9. The largest absolute Gasteiger partial charge is 0.465 e. The van der Waals surface area contributed by atoms with Crippen molar-refractivity contribution in [1.82, 2.24) is 9.80 Å². The van der Waals surface area contributed by atoms with Gasteiger partial charge in [0.2, 0.25) is 11.8 Å². The van der Waals surface area contributed by atoms with Crippen LogP contribution in [-0.4, -0.2) is 81.8 Å². The van der Waals surface area contributed by atoms with Gasteiger partial charge in [-0.3, -0.25) is 14.4 Å². The average Bonchev–Trinajstić information content (AvgIpc) is 3.20. The molecule has 5 aliphatic rings. The summed E-state index contributed by atoms with van der Waals surface area (Å²) < 4.78 is 12.4. The summed E-state index contributed by atoms with van der Waals surface area (Å²) in [5.41, 5.74) is -2.36. The Morgan fingerprint density at radius 2 is 1.83 bits per heavy atom. The van der Waals surface area contributed by atoms with Gasteiger partial charge in [0.25, 0.3) is 0 Å². The Morgan fingerprint density at radius 3 is 2.54 bits per heavy atom. The van der Waals surface area contributed by atoms with Gasteiger partial charge in [0.05, 0.1) is 30.8 Å². The smallest absolute Gasteiger partial charge is 0.313 e. The van der Waals surface area contributed by atoms with Crippen molar-refractivity contribution in [3.8, 4) is 0 Å². The van der Waals surface area contributed by atoms with Crippen LogP contribution < -0.4 is 0 Å². The molecule has 0 radical (unpaired) electrons. The molecule has 35 heavy (non-hydrogen) atoms. The quantitative estimate of drug-likeness (QED) is 0.484. The van der Waals surface area contributed by atoms with E-state index in [1.54, 1.807) is 4.90 Å². The fourth-order valence-electron chi connectivity index (χ4n) is 7.12. The van der Waals surface area contributed by atoms with Crippen molar-refractivity contribution in [2.45, 2.75) is 94.5 Å². The van der Waals surface area contributed by atoms with E-state index in [1.807, 2.05) is 43.1 Å². The van der Waals surface area contributed by atoms with E-state index in [-0.39, 0.29) is 31.1 Å². The second kappa shape index (κ2) is 9.36. The molecule has 3 fully saturated rings. The minimum Gasteiger partial charge on any atom is -0.465 e. The highest BCUT2D eigenvalue weighted by molar-refractivity contribution is 5.99. The summed E-state index contributed by atoms with van der Waals surface area (Å²) in [6.07, 6.45) is 14.9. The molecular formula is C27H38N2O6. The van der Waals surface area contributed by atoms with Crippen LogP contribution in [0.4, 0.5) is 0 Å². The third-order valence-corrected chi connectivity index (χ3v) is 8.81. The van der Waals surface area contributed by atoms with Gasteiger partial charge in [-0.15, -0.1) is 0 Å². The highest BCUT2D eigenvalue weighted by Crippen LogP contribution is 2.57. The molecule has 8 heteroatoms. The molecule has 0 aromatic carbocycles. The van der Waals surface area contributed by atoms with E-state index in [2.05, 4.69) is 0 Å². The van der Waals surface area contributed by atoms with E-state index in [0.29, 0.717) is 19.4 Å². The summed E-state index contributed by atoms with van der Waals surface area (Å²) in [7, 11) is 0. The normalized spacial score (nSPS) is 39.6. The van der Waals surface area contributed by atoms with Gasteiger partial charge in [-0.05, 0) is 39.0 Å². The zero-order valence-corrected chi connectivity index (χ0v) is 20.9. The van der Waals surface area contributed by atoms with Gasteiger partial charge in [0.15, 0.2) is 0 Å². The van der Waals surface area contributed by atoms with E-state index >= 15 is 0 Å².